The Labute approximate surface area is 167 Å². The average molecular weight is 391 g/mol. The summed E-state index contributed by atoms with van der Waals surface area (Å²) in [5.74, 6) is -0.929. The van der Waals surface area contributed by atoms with Gasteiger partial charge in [-0.1, -0.05) is 99.6 Å². The molecule has 0 aliphatic heterocycles. The fourth-order valence-electron chi connectivity index (χ4n) is 3.80. The third-order valence-electron chi connectivity index (χ3n) is 5.11. The smallest absolute Gasteiger partial charge is 0.336 e. The Morgan fingerprint density at radius 2 is 1.29 bits per heavy atom. The number of hydrogen-bond donors (Lipinski definition) is 1. The molecule has 0 atom stereocenters. The predicted octanol–water partition coefficient (Wildman–Crippen LogP) is 4.46. The van der Waals surface area contributed by atoms with E-state index in [9.17, 15) is 9.90 Å². The van der Waals surface area contributed by atoms with Crippen LogP contribution in [0.1, 0.15) is 36.7 Å². The van der Waals surface area contributed by atoms with Crippen LogP contribution in [0, 0.1) is 0 Å². The fraction of sp³-hybridized carbons (Fsp3) is 0.208. The van der Waals surface area contributed by atoms with E-state index in [-0.39, 0.29) is 11.6 Å². The molecule has 0 unspecified atom stereocenters. The van der Waals surface area contributed by atoms with E-state index in [1.54, 1.807) is 12.1 Å². The van der Waals surface area contributed by atoms with Gasteiger partial charge in [-0.25, -0.2) is 4.79 Å². The van der Waals surface area contributed by atoms with Gasteiger partial charge in [0.2, 0.25) is 0 Å². The zero-order valence-electron chi connectivity index (χ0n) is 16.6. The van der Waals surface area contributed by atoms with E-state index in [4.69, 9.17) is 4.43 Å². The van der Waals surface area contributed by atoms with Crippen molar-refractivity contribution in [1.29, 1.82) is 0 Å². The first kappa shape index (κ1) is 20.1. The lowest BCUT2D eigenvalue weighted by Crippen LogP contribution is -2.66. The minimum Gasteiger partial charge on any atom is -0.478 e. The molecule has 3 aromatic carbocycles. The number of carboxylic acid groups (broad SMARTS) is 1. The lowest BCUT2D eigenvalue weighted by molar-refractivity contribution is 0.0693. The Bertz CT molecular complexity index is 891. The Morgan fingerprint density at radius 3 is 1.75 bits per heavy atom. The molecule has 0 aliphatic carbocycles. The van der Waals surface area contributed by atoms with Gasteiger partial charge >= 0.3 is 5.97 Å². The largest absolute Gasteiger partial charge is 0.478 e. The maximum Gasteiger partial charge on any atom is 0.336 e. The van der Waals surface area contributed by atoms with Crippen molar-refractivity contribution in [1.82, 2.24) is 0 Å². The third-order valence-corrected chi connectivity index (χ3v) is 10.1. The van der Waals surface area contributed by atoms with E-state index in [0.29, 0.717) is 11.1 Å². The summed E-state index contributed by atoms with van der Waals surface area (Å²) >= 11 is 0. The van der Waals surface area contributed by atoms with Crippen LogP contribution in [0.5, 0.6) is 0 Å². The summed E-state index contributed by atoms with van der Waals surface area (Å²) < 4.78 is 6.82. The van der Waals surface area contributed by atoms with Gasteiger partial charge in [0.25, 0.3) is 8.32 Å². The monoisotopic (exact) mass is 390 g/mol. The predicted molar refractivity (Wildman–Crippen MR) is 116 cm³/mol. The van der Waals surface area contributed by atoms with Crippen molar-refractivity contribution < 1.29 is 14.3 Å². The SMILES string of the molecule is CC(C)(C)[Si](OCc1ccccc1C(=O)O)(c1ccccc1)c1ccccc1. The van der Waals surface area contributed by atoms with E-state index in [1.165, 1.54) is 10.4 Å². The van der Waals surface area contributed by atoms with Crippen LogP contribution in [0.25, 0.3) is 0 Å². The van der Waals surface area contributed by atoms with Gasteiger partial charge in [-0.3, -0.25) is 0 Å². The molecule has 3 rings (SSSR count). The van der Waals surface area contributed by atoms with Gasteiger partial charge < -0.3 is 9.53 Å². The van der Waals surface area contributed by atoms with Crippen molar-refractivity contribution in [2.45, 2.75) is 32.4 Å². The van der Waals surface area contributed by atoms with Gasteiger partial charge in [-0.2, -0.15) is 0 Å². The fourth-order valence-corrected chi connectivity index (χ4v) is 8.33. The second kappa shape index (κ2) is 8.13. The number of rotatable bonds is 6. The number of benzene rings is 3. The lowest BCUT2D eigenvalue weighted by Gasteiger charge is -2.43. The first-order chi connectivity index (χ1) is 13.4. The minimum absolute atomic E-state index is 0.145. The van der Waals surface area contributed by atoms with Gasteiger partial charge in [0, 0.05) is 0 Å². The van der Waals surface area contributed by atoms with Gasteiger partial charge in [-0.05, 0) is 27.0 Å². The van der Waals surface area contributed by atoms with Crippen LogP contribution in [0.2, 0.25) is 5.04 Å². The van der Waals surface area contributed by atoms with Crippen LogP contribution < -0.4 is 10.4 Å². The summed E-state index contributed by atoms with van der Waals surface area (Å²) in [6.45, 7) is 6.89. The van der Waals surface area contributed by atoms with E-state index in [1.807, 2.05) is 48.5 Å². The number of carbonyl (C=O) groups is 1. The van der Waals surface area contributed by atoms with Crippen molar-refractivity contribution in [2.24, 2.45) is 0 Å². The molecule has 0 fully saturated rings. The van der Waals surface area contributed by atoms with Crippen LogP contribution in [-0.2, 0) is 11.0 Å². The Balaban J connectivity index is 2.13. The van der Waals surface area contributed by atoms with Gasteiger partial charge in [-0.15, -0.1) is 0 Å². The van der Waals surface area contributed by atoms with Crippen LogP contribution in [-0.4, -0.2) is 19.4 Å². The Kier molecular flexibility index (Phi) is 5.82. The molecule has 0 aliphatic rings. The van der Waals surface area contributed by atoms with Gasteiger partial charge in [0.05, 0.1) is 12.2 Å². The molecule has 28 heavy (non-hydrogen) atoms. The van der Waals surface area contributed by atoms with Crippen LogP contribution in [0.3, 0.4) is 0 Å². The Hall–Kier alpha value is -2.69. The van der Waals surface area contributed by atoms with E-state index in [0.717, 1.165) is 0 Å². The van der Waals surface area contributed by atoms with Crippen LogP contribution in [0.15, 0.2) is 84.9 Å². The second-order valence-corrected chi connectivity index (χ2v) is 12.2. The normalized spacial score (nSPS) is 12.0. The highest BCUT2D eigenvalue weighted by Gasteiger charge is 2.50. The van der Waals surface area contributed by atoms with Crippen LogP contribution >= 0.6 is 0 Å². The highest BCUT2D eigenvalue weighted by atomic mass is 28.4. The van der Waals surface area contributed by atoms with Crippen molar-refractivity contribution in [3.8, 4) is 0 Å². The molecule has 0 heterocycles. The van der Waals surface area contributed by atoms with Crippen molar-refractivity contribution in [2.75, 3.05) is 0 Å². The Morgan fingerprint density at radius 1 is 0.821 bits per heavy atom. The standard InChI is InChI=1S/C24H26O3Si/c1-24(2,3)28(20-13-6-4-7-14-20,21-15-8-5-9-16-21)27-18-19-12-10-11-17-22(19)23(25)26/h4-17H,18H2,1-3H3,(H,25,26). The number of aromatic carboxylic acids is 1. The quantitative estimate of drug-likeness (QED) is 0.632. The molecule has 3 nitrogen and oxygen atoms in total. The molecule has 0 amide bonds. The molecule has 3 aromatic rings. The molecule has 0 aromatic heterocycles. The molecule has 0 radical (unpaired) electrons. The van der Waals surface area contributed by atoms with E-state index < -0.39 is 14.3 Å². The third kappa shape index (κ3) is 3.79. The minimum atomic E-state index is -2.68. The molecule has 4 heteroatoms. The van der Waals surface area contributed by atoms with Crippen molar-refractivity contribution in [3.05, 3.63) is 96.1 Å². The number of hydrogen-bond acceptors (Lipinski definition) is 2. The topological polar surface area (TPSA) is 46.5 Å². The maximum atomic E-state index is 11.6. The summed E-state index contributed by atoms with van der Waals surface area (Å²) in [5, 5.41) is 11.8. The maximum absolute atomic E-state index is 11.6. The summed E-state index contributed by atoms with van der Waals surface area (Å²) in [6, 6.07) is 27.8. The summed E-state index contributed by atoms with van der Waals surface area (Å²) in [7, 11) is -2.68. The summed E-state index contributed by atoms with van der Waals surface area (Å²) in [6.07, 6.45) is 0. The summed E-state index contributed by atoms with van der Waals surface area (Å²) in [5.41, 5.74) is 0.989. The van der Waals surface area contributed by atoms with Gasteiger partial charge in [0.1, 0.15) is 0 Å². The zero-order valence-corrected chi connectivity index (χ0v) is 17.6. The molecule has 0 saturated heterocycles. The molecular weight excluding hydrogens is 364 g/mol. The zero-order chi connectivity index (χ0) is 20.2. The first-order valence-electron chi connectivity index (χ1n) is 9.42. The molecule has 0 spiro atoms. The molecule has 0 bridgehead atoms. The van der Waals surface area contributed by atoms with Crippen molar-refractivity contribution in [3.63, 3.8) is 0 Å². The van der Waals surface area contributed by atoms with Gasteiger partial charge in [0.15, 0.2) is 0 Å². The highest BCUT2D eigenvalue weighted by molar-refractivity contribution is 6.99. The lowest BCUT2D eigenvalue weighted by atomic mass is 10.1. The molecule has 0 saturated carbocycles. The number of carboxylic acids is 1. The highest BCUT2D eigenvalue weighted by Crippen LogP contribution is 2.37. The van der Waals surface area contributed by atoms with Crippen molar-refractivity contribution >= 4 is 24.7 Å². The second-order valence-electron chi connectivity index (χ2n) is 7.91. The van der Waals surface area contributed by atoms with Crippen LogP contribution in [0.4, 0.5) is 0 Å². The van der Waals surface area contributed by atoms with E-state index >= 15 is 0 Å². The van der Waals surface area contributed by atoms with E-state index in [2.05, 4.69) is 45.0 Å². The molecule has 1 N–H and O–H groups in total. The average Bonchev–Trinajstić information content (AvgIpc) is 2.69. The summed E-state index contributed by atoms with van der Waals surface area (Å²) in [4.78, 5) is 11.6. The molecule has 144 valence electrons. The first-order valence-corrected chi connectivity index (χ1v) is 11.3. The molecular formula is C24H26O3Si.